The molecule has 1 aliphatic heterocycles. The normalized spacial score (nSPS) is 17.8. The van der Waals surface area contributed by atoms with E-state index in [1.807, 2.05) is 30.3 Å². The first-order chi connectivity index (χ1) is 9.29. The molecule has 1 atom stereocenters. The second-order valence-corrected chi connectivity index (χ2v) is 4.84. The number of rotatable bonds is 2. The van der Waals surface area contributed by atoms with E-state index in [-0.39, 0.29) is 6.04 Å². The van der Waals surface area contributed by atoms with Gasteiger partial charge in [-0.25, -0.2) is 0 Å². The standard InChI is InChI=1S/C16H18N2O/c1-19-15-7-3-6-14-13(15)8-9-18-16(14)11-4-2-5-12(17)10-11/h2-7,10,16,18H,8-9,17H2,1H3. The third-order valence-corrected chi connectivity index (χ3v) is 3.67. The number of nitrogens with one attached hydrogen (secondary N) is 1. The Morgan fingerprint density at radius 2 is 2.05 bits per heavy atom. The molecule has 2 aromatic carbocycles. The zero-order valence-electron chi connectivity index (χ0n) is 11.0. The quantitative estimate of drug-likeness (QED) is 0.810. The average Bonchev–Trinajstić information content (AvgIpc) is 2.46. The van der Waals surface area contributed by atoms with Gasteiger partial charge in [-0.05, 0) is 35.7 Å². The zero-order chi connectivity index (χ0) is 13.2. The molecule has 0 aromatic heterocycles. The minimum Gasteiger partial charge on any atom is -0.496 e. The van der Waals surface area contributed by atoms with Crippen LogP contribution in [0.4, 0.5) is 5.69 Å². The second kappa shape index (κ2) is 4.94. The van der Waals surface area contributed by atoms with E-state index in [4.69, 9.17) is 10.5 Å². The summed E-state index contributed by atoms with van der Waals surface area (Å²) in [5.74, 6) is 0.980. The Hall–Kier alpha value is -2.00. The highest BCUT2D eigenvalue weighted by molar-refractivity contribution is 5.50. The van der Waals surface area contributed by atoms with Crippen LogP contribution in [0.2, 0.25) is 0 Å². The molecule has 0 radical (unpaired) electrons. The summed E-state index contributed by atoms with van der Waals surface area (Å²) >= 11 is 0. The monoisotopic (exact) mass is 254 g/mol. The SMILES string of the molecule is COc1cccc2c1CCNC2c1cccc(N)c1. The molecule has 0 aliphatic carbocycles. The molecule has 0 saturated heterocycles. The highest BCUT2D eigenvalue weighted by atomic mass is 16.5. The molecule has 1 aliphatic rings. The number of hydrogen-bond donors (Lipinski definition) is 2. The molecule has 1 heterocycles. The highest BCUT2D eigenvalue weighted by Gasteiger charge is 2.23. The van der Waals surface area contributed by atoms with E-state index in [9.17, 15) is 0 Å². The van der Waals surface area contributed by atoms with Gasteiger partial charge in [0.2, 0.25) is 0 Å². The lowest BCUT2D eigenvalue weighted by Gasteiger charge is -2.28. The van der Waals surface area contributed by atoms with Gasteiger partial charge < -0.3 is 15.8 Å². The van der Waals surface area contributed by atoms with Gasteiger partial charge in [-0.15, -0.1) is 0 Å². The summed E-state index contributed by atoms with van der Waals surface area (Å²) in [6.07, 6.45) is 0.998. The lowest BCUT2D eigenvalue weighted by Crippen LogP contribution is -2.30. The number of ether oxygens (including phenoxy) is 1. The van der Waals surface area contributed by atoms with Crippen molar-refractivity contribution in [3.05, 3.63) is 59.2 Å². The van der Waals surface area contributed by atoms with Crippen LogP contribution in [0.1, 0.15) is 22.7 Å². The third kappa shape index (κ3) is 2.17. The van der Waals surface area contributed by atoms with Crippen LogP contribution in [0.5, 0.6) is 5.75 Å². The Bertz CT molecular complexity index is 595. The van der Waals surface area contributed by atoms with Crippen LogP contribution in [0.3, 0.4) is 0 Å². The van der Waals surface area contributed by atoms with Crippen molar-refractivity contribution in [3.63, 3.8) is 0 Å². The first kappa shape index (κ1) is 12.1. The molecule has 0 amide bonds. The first-order valence-electron chi connectivity index (χ1n) is 6.54. The molecule has 3 rings (SSSR count). The van der Waals surface area contributed by atoms with Gasteiger partial charge >= 0.3 is 0 Å². The van der Waals surface area contributed by atoms with Gasteiger partial charge in [0.05, 0.1) is 13.2 Å². The Balaban J connectivity index is 2.08. The molecule has 0 spiro atoms. The van der Waals surface area contributed by atoms with E-state index in [1.54, 1.807) is 7.11 Å². The smallest absolute Gasteiger partial charge is 0.122 e. The summed E-state index contributed by atoms with van der Waals surface area (Å²) in [5, 5.41) is 3.56. The van der Waals surface area contributed by atoms with Crippen LogP contribution in [0.15, 0.2) is 42.5 Å². The molecule has 3 N–H and O–H groups in total. The fourth-order valence-corrected chi connectivity index (χ4v) is 2.80. The van der Waals surface area contributed by atoms with Crippen molar-refractivity contribution in [1.29, 1.82) is 0 Å². The number of methoxy groups -OCH3 is 1. The van der Waals surface area contributed by atoms with E-state index in [1.165, 1.54) is 16.7 Å². The molecule has 3 nitrogen and oxygen atoms in total. The number of nitrogen functional groups attached to an aromatic ring is 1. The number of hydrogen-bond acceptors (Lipinski definition) is 3. The van der Waals surface area contributed by atoms with E-state index < -0.39 is 0 Å². The Morgan fingerprint density at radius 3 is 2.84 bits per heavy atom. The molecule has 0 fully saturated rings. The van der Waals surface area contributed by atoms with Crippen molar-refractivity contribution in [2.24, 2.45) is 0 Å². The van der Waals surface area contributed by atoms with Crippen molar-refractivity contribution in [3.8, 4) is 5.75 Å². The number of nitrogens with two attached hydrogens (primary N) is 1. The maximum absolute atomic E-state index is 5.89. The summed E-state index contributed by atoms with van der Waals surface area (Å²) in [7, 11) is 1.73. The first-order valence-corrected chi connectivity index (χ1v) is 6.54. The Morgan fingerprint density at radius 1 is 1.21 bits per heavy atom. The number of fused-ring (bicyclic) bond motifs is 1. The lowest BCUT2D eigenvalue weighted by atomic mass is 9.89. The molecule has 0 bridgehead atoms. The van der Waals surface area contributed by atoms with Gasteiger partial charge in [-0.2, -0.15) is 0 Å². The number of benzene rings is 2. The fourth-order valence-electron chi connectivity index (χ4n) is 2.80. The summed E-state index contributed by atoms with van der Waals surface area (Å²) in [5.41, 5.74) is 10.5. The molecular formula is C16H18N2O. The van der Waals surface area contributed by atoms with Gasteiger partial charge in [0.15, 0.2) is 0 Å². The highest BCUT2D eigenvalue weighted by Crippen LogP contribution is 2.34. The molecule has 0 saturated carbocycles. The minimum atomic E-state index is 0.197. The maximum Gasteiger partial charge on any atom is 0.122 e. The summed E-state index contributed by atoms with van der Waals surface area (Å²) in [6.45, 7) is 0.951. The van der Waals surface area contributed by atoms with Gasteiger partial charge in [-0.3, -0.25) is 0 Å². The topological polar surface area (TPSA) is 47.3 Å². The van der Waals surface area contributed by atoms with E-state index in [0.29, 0.717) is 0 Å². The molecular weight excluding hydrogens is 236 g/mol. The molecule has 2 aromatic rings. The van der Waals surface area contributed by atoms with E-state index >= 15 is 0 Å². The van der Waals surface area contributed by atoms with E-state index in [0.717, 1.165) is 24.4 Å². The van der Waals surface area contributed by atoms with E-state index in [2.05, 4.69) is 17.4 Å². The molecule has 19 heavy (non-hydrogen) atoms. The van der Waals surface area contributed by atoms with Crippen LogP contribution in [-0.2, 0) is 6.42 Å². The molecule has 3 heteroatoms. The zero-order valence-corrected chi connectivity index (χ0v) is 11.0. The maximum atomic E-state index is 5.89. The van der Waals surface area contributed by atoms with Crippen LogP contribution in [0.25, 0.3) is 0 Å². The van der Waals surface area contributed by atoms with Crippen LogP contribution in [-0.4, -0.2) is 13.7 Å². The Labute approximate surface area is 113 Å². The predicted molar refractivity (Wildman–Crippen MR) is 77.4 cm³/mol. The predicted octanol–water partition coefficient (Wildman–Crippen LogP) is 2.51. The van der Waals surface area contributed by atoms with Gasteiger partial charge in [0.25, 0.3) is 0 Å². The van der Waals surface area contributed by atoms with Crippen LogP contribution in [0, 0.1) is 0 Å². The van der Waals surface area contributed by atoms with Gasteiger partial charge in [0, 0.05) is 17.8 Å². The second-order valence-electron chi connectivity index (χ2n) is 4.84. The van der Waals surface area contributed by atoms with Crippen molar-refractivity contribution in [2.45, 2.75) is 12.5 Å². The lowest BCUT2D eigenvalue weighted by molar-refractivity contribution is 0.404. The van der Waals surface area contributed by atoms with Crippen molar-refractivity contribution >= 4 is 5.69 Å². The van der Waals surface area contributed by atoms with Crippen molar-refractivity contribution < 1.29 is 4.74 Å². The average molecular weight is 254 g/mol. The van der Waals surface area contributed by atoms with Gasteiger partial charge in [0.1, 0.15) is 5.75 Å². The summed E-state index contributed by atoms with van der Waals surface area (Å²) < 4.78 is 5.47. The summed E-state index contributed by atoms with van der Waals surface area (Å²) in [4.78, 5) is 0. The largest absolute Gasteiger partial charge is 0.496 e. The minimum absolute atomic E-state index is 0.197. The summed E-state index contributed by atoms with van der Waals surface area (Å²) in [6, 6.07) is 14.5. The van der Waals surface area contributed by atoms with Crippen LogP contribution >= 0.6 is 0 Å². The van der Waals surface area contributed by atoms with Gasteiger partial charge in [-0.1, -0.05) is 24.3 Å². The van der Waals surface area contributed by atoms with Crippen LogP contribution < -0.4 is 15.8 Å². The Kier molecular flexibility index (Phi) is 3.13. The third-order valence-electron chi connectivity index (χ3n) is 3.67. The number of anilines is 1. The molecule has 1 unspecified atom stereocenters. The molecule has 98 valence electrons. The van der Waals surface area contributed by atoms with Crippen molar-refractivity contribution in [2.75, 3.05) is 19.4 Å². The fraction of sp³-hybridized carbons (Fsp3) is 0.250. The van der Waals surface area contributed by atoms with Crippen molar-refractivity contribution in [1.82, 2.24) is 5.32 Å².